The molecule has 0 saturated carbocycles. The molecule has 0 spiro atoms. The second-order valence-corrected chi connectivity index (χ2v) is 6.11. The Hall–Kier alpha value is -2.54. The number of rotatable bonds is 1. The molecule has 1 nitrogen and oxygen atoms in total. The number of hydrogen-bond acceptors (Lipinski definition) is 0. The maximum absolute atomic E-state index is 2.42. The molecule has 22 heavy (non-hydrogen) atoms. The van der Waals surface area contributed by atoms with Crippen LogP contribution >= 0.6 is 0 Å². The third kappa shape index (κ3) is 1.79. The van der Waals surface area contributed by atoms with Crippen LogP contribution in [0.2, 0.25) is 0 Å². The lowest BCUT2D eigenvalue weighted by Gasteiger charge is -2.12. The Balaban J connectivity index is 2.28. The van der Waals surface area contributed by atoms with Crippen molar-refractivity contribution in [3.05, 3.63) is 77.4 Å². The monoisotopic (exact) mass is 285 g/mol. The van der Waals surface area contributed by atoms with Gasteiger partial charge in [-0.1, -0.05) is 48.5 Å². The van der Waals surface area contributed by atoms with Crippen LogP contribution in [0.3, 0.4) is 0 Å². The normalized spacial score (nSPS) is 11.4. The van der Waals surface area contributed by atoms with Crippen LogP contribution in [0.15, 0.2) is 60.7 Å². The quantitative estimate of drug-likeness (QED) is 0.422. The lowest BCUT2D eigenvalue weighted by molar-refractivity contribution is 1.14. The Labute approximate surface area is 130 Å². The van der Waals surface area contributed by atoms with Gasteiger partial charge >= 0.3 is 0 Å². The molecule has 0 bridgehead atoms. The van der Waals surface area contributed by atoms with Gasteiger partial charge in [-0.15, -0.1) is 0 Å². The first-order chi connectivity index (χ1) is 10.7. The van der Waals surface area contributed by atoms with E-state index in [2.05, 4.69) is 86.0 Å². The zero-order valence-electron chi connectivity index (χ0n) is 13.2. The summed E-state index contributed by atoms with van der Waals surface area (Å²) in [6.45, 7) is 6.54. The molecular weight excluding hydrogens is 266 g/mol. The second kappa shape index (κ2) is 4.74. The summed E-state index contributed by atoms with van der Waals surface area (Å²) in [5, 5.41) is 2.66. The van der Waals surface area contributed by atoms with E-state index in [1.807, 2.05) is 0 Å². The molecule has 0 aliphatic carbocycles. The van der Waals surface area contributed by atoms with Gasteiger partial charge in [-0.05, 0) is 49.6 Å². The summed E-state index contributed by atoms with van der Waals surface area (Å²) in [4.78, 5) is 0. The van der Waals surface area contributed by atoms with Crippen molar-refractivity contribution in [3.63, 3.8) is 0 Å². The molecule has 1 aromatic heterocycles. The highest BCUT2D eigenvalue weighted by molar-refractivity contribution is 6.10. The summed E-state index contributed by atoms with van der Waals surface area (Å²) >= 11 is 0. The van der Waals surface area contributed by atoms with E-state index in [-0.39, 0.29) is 0 Å². The molecular formula is C21H19N. The first kappa shape index (κ1) is 13.1. The molecule has 0 aliphatic rings. The van der Waals surface area contributed by atoms with E-state index in [9.17, 15) is 0 Å². The molecule has 0 saturated heterocycles. The predicted molar refractivity (Wildman–Crippen MR) is 95.0 cm³/mol. The fourth-order valence-electron chi connectivity index (χ4n) is 3.41. The van der Waals surface area contributed by atoms with E-state index < -0.39 is 0 Å². The molecule has 0 atom stereocenters. The summed E-state index contributed by atoms with van der Waals surface area (Å²) in [6.07, 6.45) is 0. The van der Waals surface area contributed by atoms with Crippen molar-refractivity contribution in [1.82, 2.24) is 4.57 Å². The average Bonchev–Trinajstić information content (AvgIpc) is 2.83. The minimum atomic E-state index is 1.27. The summed E-state index contributed by atoms with van der Waals surface area (Å²) in [5.41, 5.74) is 7.78. The van der Waals surface area contributed by atoms with Crippen LogP contribution in [0, 0.1) is 20.8 Å². The van der Waals surface area contributed by atoms with E-state index >= 15 is 0 Å². The zero-order valence-corrected chi connectivity index (χ0v) is 13.2. The molecule has 3 aromatic carbocycles. The zero-order chi connectivity index (χ0) is 15.3. The van der Waals surface area contributed by atoms with E-state index in [1.54, 1.807) is 0 Å². The molecule has 0 fully saturated rings. The first-order valence-corrected chi connectivity index (χ1v) is 7.73. The van der Waals surface area contributed by atoms with Crippen LogP contribution in [-0.4, -0.2) is 4.57 Å². The number of nitrogens with zero attached hydrogens (tertiary/aromatic N) is 1. The standard InChI is InChI=1S/C21H19N/c1-14-11-12-17-18-9-6-8-16(3)21(18)22(20(17)13-14)19-10-5-4-7-15(19)2/h4-13H,1-3H3. The second-order valence-electron chi connectivity index (χ2n) is 6.11. The molecule has 0 aliphatic heterocycles. The fourth-order valence-corrected chi connectivity index (χ4v) is 3.41. The first-order valence-electron chi connectivity index (χ1n) is 7.73. The molecule has 0 unspecified atom stereocenters. The van der Waals surface area contributed by atoms with Crippen LogP contribution < -0.4 is 0 Å². The average molecular weight is 285 g/mol. The Morgan fingerprint density at radius 2 is 1.45 bits per heavy atom. The maximum atomic E-state index is 2.42. The molecule has 1 heteroatoms. The number of para-hydroxylation sites is 2. The van der Waals surface area contributed by atoms with Gasteiger partial charge in [-0.3, -0.25) is 0 Å². The van der Waals surface area contributed by atoms with Crippen molar-refractivity contribution >= 4 is 21.8 Å². The minimum absolute atomic E-state index is 1.27. The van der Waals surface area contributed by atoms with Gasteiger partial charge in [-0.2, -0.15) is 0 Å². The highest BCUT2D eigenvalue weighted by Gasteiger charge is 2.14. The lowest BCUT2D eigenvalue weighted by Crippen LogP contribution is -1.97. The number of fused-ring (bicyclic) bond motifs is 3. The van der Waals surface area contributed by atoms with Crippen molar-refractivity contribution in [2.75, 3.05) is 0 Å². The molecule has 108 valence electrons. The number of aromatic nitrogens is 1. The van der Waals surface area contributed by atoms with Gasteiger partial charge < -0.3 is 4.57 Å². The van der Waals surface area contributed by atoms with E-state index in [0.717, 1.165) is 0 Å². The molecule has 0 N–H and O–H groups in total. The molecule has 4 aromatic rings. The summed E-state index contributed by atoms with van der Waals surface area (Å²) in [5.74, 6) is 0. The fraction of sp³-hybridized carbons (Fsp3) is 0.143. The molecule has 1 heterocycles. The Morgan fingerprint density at radius 3 is 2.27 bits per heavy atom. The smallest absolute Gasteiger partial charge is 0.0570 e. The Bertz CT molecular complexity index is 1010. The highest BCUT2D eigenvalue weighted by atomic mass is 15.0. The summed E-state index contributed by atoms with van der Waals surface area (Å²) in [7, 11) is 0. The third-order valence-electron chi connectivity index (χ3n) is 4.50. The number of benzene rings is 3. The van der Waals surface area contributed by atoms with Gasteiger partial charge in [0.25, 0.3) is 0 Å². The van der Waals surface area contributed by atoms with Crippen molar-refractivity contribution in [2.24, 2.45) is 0 Å². The lowest BCUT2D eigenvalue weighted by atomic mass is 10.1. The van der Waals surface area contributed by atoms with Gasteiger partial charge in [0, 0.05) is 16.5 Å². The van der Waals surface area contributed by atoms with E-state index in [1.165, 1.54) is 44.2 Å². The van der Waals surface area contributed by atoms with Crippen molar-refractivity contribution in [1.29, 1.82) is 0 Å². The maximum Gasteiger partial charge on any atom is 0.0570 e. The SMILES string of the molecule is Cc1ccc2c3cccc(C)c3n(-c3ccccc3C)c2c1. The van der Waals surface area contributed by atoms with Crippen LogP contribution in [0.1, 0.15) is 16.7 Å². The van der Waals surface area contributed by atoms with E-state index in [0.29, 0.717) is 0 Å². The van der Waals surface area contributed by atoms with Crippen molar-refractivity contribution in [3.8, 4) is 5.69 Å². The van der Waals surface area contributed by atoms with Gasteiger partial charge in [0.15, 0.2) is 0 Å². The van der Waals surface area contributed by atoms with Gasteiger partial charge in [0.1, 0.15) is 0 Å². The van der Waals surface area contributed by atoms with Crippen LogP contribution in [0.25, 0.3) is 27.5 Å². The van der Waals surface area contributed by atoms with Crippen LogP contribution in [0.5, 0.6) is 0 Å². The Kier molecular flexibility index (Phi) is 2.83. The van der Waals surface area contributed by atoms with Crippen molar-refractivity contribution < 1.29 is 0 Å². The summed E-state index contributed by atoms with van der Waals surface area (Å²) in [6, 6.07) is 21.9. The molecule has 0 radical (unpaired) electrons. The largest absolute Gasteiger partial charge is 0.309 e. The van der Waals surface area contributed by atoms with Gasteiger partial charge in [0.2, 0.25) is 0 Å². The van der Waals surface area contributed by atoms with Gasteiger partial charge in [-0.25, -0.2) is 0 Å². The summed E-state index contributed by atoms with van der Waals surface area (Å²) < 4.78 is 2.42. The van der Waals surface area contributed by atoms with Gasteiger partial charge in [0.05, 0.1) is 11.0 Å². The predicted octanol–water partition coefficient (Wildman–Crippen LogP) is 5.71. The number of hydrogen-bond donors (Lipinski definition) is 0. The Morgan fingerprint density at radius 1 is 0.682 bits per heavy atom. The van der Waals surface area contributed by atoms with Crippen LogP contribution in [0.4, 0.5) is 0 Å². The molecule has 0 amide bonds. The topological polar surface area (TPSA) is 4.93 Å². The molecule has 4 rings (SSSR count). The third-order valence-corrected chi connectivity index (χ3v) is 4.50. The highest BCUT2D eigenvalue weighted by Crippen LogP contribution is 2.34. The van der Waals surface area contributed by atoms with Crippen molar-refractivity contribution in [2.45, 2.75) is 20.8 Å². The minimum Gasteiger partial charge on any atom is -0.309 e. The number of aryl methyl sites for hydroxylation is 3. The van der Waals surface area contributed by atoms with Crippen LogP contribution in [-0.2, 0) is 0 Å². The van der Waals surface area contributed by atoms with E-state index in [4.69, 9.17) is 0 Å².